The molecule has 0 aromatic heterocycles. The van der Waals surface area contributed by atoms with Gasteiger partial charge < -0.3 is 9.84 Å². The molecule has 3 nitrogen and oxygen atoms in total. The molecule has 0 aliphatic heterocycles. The standard InChI is InChI=1S/C14H16O3/c1-14(16)8-10(7-11(15)9-14)12-5-3-4-6-13(12)17-2/h3-7,16H,8-9H2,1-2H3. The van der Waals surface area contributed by atoms with E-state index >= 15 is 0 Å². The zero-order chi connectivity index (χ0) is 12.5. The van der Waals surface area contributed by atoms with Crippen molar-refractivity contribution in [3.63, 3.8) is 0 Å². The number of methoxy groups -OCH3 is 1. The number of benzene rings is 1. The summed E-state index contributed by atoms with van der Waals surface area (Å²) in [5.74, 6) is 0.686. The summed E-state index contributed by atoms with van der Waals surface area (Å²) in [5.41, 5.74) is 0.759. The van der Waals surface area contributed by atoms with Gasteiger partial charge in [0.15, 0.2) is 5.78 Å². The minimum Gasteiger partial charge on any atom is -0.496 e. The van der Waals surface area contributed by atoms with Crippen molar-refractivity contribution in [1.29, 1.82) is 0 Å². The number of carbonyl (C=O) groups is 1. The first-order valence-electron chi connectivity index (χ1n) is 5.61. The van der Waals surface area contributed by atoms with E-state index in [0.29, 0.717) is 6.42 Å². The topological polar surface area (TPSA) is 46.5 Å². The van der Waals surface area contributed by atoms with E-state index in [1.807, 2.05) is 24.3 Å². The Labute approximate surface area is 101 Å². The first kappa shape index (κ1) is 11.9. The average Bonchev–Trinajstić information content (AvgIpc) is 2.26. The summed E-state index contributed by atoms with van der Waals surface area (Å²) < 4.78 is 5.27. The summed E-state index contributed by atoms with van der Waals surface area (Å²) in [5, 5.41) is 10.0. The van der Waals surface area contributed by atoms with Crippen LogP contribution in [0.4, 0.5) is 0 Å². The molecule has 90 valence electrons. The highest BCUT2D eigenvalue weighted by Crippen LogP contribution is 2.35. The number of carbonyl (C=O) groups excluding carboxylic acids is 1. The van der Waals surface area contributed by atoms with Crippen LogP contribution in [0.15, 0.2) is 30.3 Å². The van der Waals surface area contributed by atoms with Gasteiger partial charge in [-0.3, -0.25) is 4.79 Å². The number of rotatable bonds is 2. The average molecular weight is 232 g/mol. The van der Waals surface area contributed by atoms with Crippen LogP contribution in [0.1, 0.15) is 25.3 Å². The molecule has 0 saturated carbocycles. The van der Waals surface area contributed by atoms with Crippen molar-refractivity contribution in [2.45, 2.75) is 25.4 Å². The van der Waals surface area contributed by atoms with Gasteiger partial charge in [0, 0.05) is 18.4 Å². The van der Waals surface area contributed by atoms with Gasteiger partial charge in [-0.1, -0.05) is 18.2 Å². The lowest BCUT2D eigenvalue weighted by molar-refractivity contribution is -0.119. The number of aliphatic hydroxyl groups is 1. The highest BCUT2D eigenvalue weighted by atomic mass is 16.5. The maximum atomic E-state index is 11.6. The highest BCUT2D eigenvalue weighted by molar-refractivity contribution is 6.00. The number of hydrogen-bond donors (Lipinski definition) is 1. The third kappa shape index (κ3) is 2.56. The first-order valence-corrected chi connectivity index (χ1v) is 5.61. The van der Waals surface area contributed by atoms with Gasteiger partial charge in [-0.05, 0) is 24.6 Å². The SMILES string of the molecule is COc1ccccc1C1=CC(=O)CC(C)(O)C1. The van der Waals surface area contributed by atoms with Crippen molar-refractivity contribution < 1.29 is 14.6 Å². The summed E-state index contributed by atoms with van der Waals surface area (Å²) in [6, 6.07) is 7.53. The minimum atomic E-state index is -0.956. The number of ether oxygens (including phenoxy) is 1. The molecule has 0 spiro atoms. The van der Waals surface area contributed by atoms with Crippen molar-refractivity contribution in [2.75, 3.05) is 7.11 Å². The predicted molar refractivity (Wildman–Crippen MR) is 65.8 cm³/mol. The van der Waals surface area contributed by atoms with E-state index in [9.17, 15) is 9.90 Å². The fourth-order valence-electron chi connectivity index (χ4n) is 2.23. The molecular formula is C14H16O3. The number of hydrogen-bond acceptors (Lipinski definition) is 3. The van der Waals surface area contributed by atoms with Crippen LogP contribution in [0.25, 0.3) is 5.57 Å². The Morgan fingerprint density at radius 3 is 2.65 bits per heavy atom. The predicted octanol–water partition coefficient (Wildman–Crippen LogP) is 2.19. The molecule has 1 aliphatic rings. The van der Waals surface area contributed by atoms with Crippen LogP contribution >= 0.6 is 0 Å². The third-order valence-electron chi connectivity index (χ3n) is 2.91. The molecule has 1 N–H and O–H groups in total. The van der Waals surface area contributed by atoms with Crippen LogP contribution in [0.5, 0.6) is 5.75 Å². The maximum absolute atomic E-state index is 11.6. The van der Waals surface area contributed by atoms with E-state index in [2.05, 4.69) is 0 Å². The van der Waals surface area contributed by atoms with Gasteiger partial charge in [0.2, 0.25) is 0 Å². The van der Waals surface area contributed by atoms with E-state index < -0.39 is 5.60 Å². The number of ketones is 1. The van der Waals surface area contributed by atoms with Gasteiger partial charge in [-0.25, -0.2) is 0 Å². The first-order chi connectivity index (χ1) is 8.02. The molecular weight excluding hydrogens is 216 g/mol. The Bertz CT molecular complexity index is 472. The second-order valence-electron chi connectivity index (χ2n) is 4.69. The van der Waals surface area contributed by atoms with Gasteiger partial charge in [-0.15, -0.1) is 0 Å². The van der Waals surface area contributed by atoms with E-state index in [1.54, 1.807) is 20.1 Å². The lowest BCUT2D eigenvalue weighted by Gasteiger charge is -2.28. The summed E-state index contributed by atoms with van der Waals surface area (Å²) in [4.78, 5) is 11.6. The second kappa shape index (κ2) is 4.34. The summed E-state index contributed by atoms with van der Waals surface area (Å²) in [7, 11) is 1.60. The Hall–Kier alpha value is -1.61. The van der Waals surface area contributed by atoms with E-state index in [0.717, 1.165) is 16.9 Å². The van der Waals surface area contributed by atoms with Crippen molar-refractivity contribution in [3.05, 3.63) is 35.9 Å². The smallest absolute Gasteiger partial charge is 0.158 e. The number of para-hydroxylation sites is 1. The largest absolute Gasteiger partial charge is 0.496 e. The molecule has 0 fully saturated rings. The van der Waals surface area contributed by atoms with E-state index in [-0.39, 0.29) is 12.2 Å². The number of allylic oxidation sites excluding steroid dienone is 1. The molecule has 1 aromatic rings. The Kier molecular flexibility index (Phi) is 3.03. The summed E-state index contributed by atoms with van der Waals surface area (Å²) >= 11 is 0. The second-order valence-corrected chi connectivity index (χ2v) is 4.69. The maximum Gasteiger partial charge on any atom is 0.158 e. The van der Waals surface area contributed by atoms with Crippen molar-refractivity contribution in [3.8, 4) is 5.75 Å². The molecule has 0 radical (unpaired) electrons. The van der Waals surface area contributed by atoms with Gasteiger partial charge in [0.25, 0.3) is 0 Å². The normalized spacial score (nSPS) is 24.4. The molecule has 1 unspecified atom stereocenters. The van der Waals surface area contributed by atoms with Crippen LogP contribution < -0.4 is 4.74 Å². The molecule has 3 heteroatoms. The highest BCUT2D eigenvalue weighted by Gasteiger charge is 2.30. The molecule has 0 saturated heterocycles. The molecule has 2 rings (SSSR count). The Balaban J connectivity index is 2.43. The van der Waals surface area contributed by atoms with Crippen molar-refractivity contribution in [1.82, 2.24) is 0 Å². The fraction of sp³-hybridized carbons (Fsp3) is 0.357. The zero-order valence-electron chi connectivity index (χ0n) is 10.1. The van der Waals surface area contributed by atoms with Crippen LogP contribution in [0.3, 0.4) is 0 Å². The Morgan fingerprint density at radius 1 is 1.29 bits per heavy atom. The van der Waals surface area contributed by atoms with Crippen molar-refractivity contribution >= 4 is 11.4 Å². The quantitative estimate of drug-likeness (QED) is 0.850. The molecule has 1 aromatic carbocycles. The van der Waals surface area contributed by atoms with Crippen LogP contribution in [-0.2, 0) is 4.79 Å². The van der Waals surface area contributed by atoms with Gasteiger partial charge >= 0.3 is 0 Å². The van der Waals surface area contributed by atoms with Gasteiger partial charge in [-0.2, -0.15) is 0 Å². The monoisotopic (exact) mass is 232 g/mol. The molecule has 0 heterocycles. The van der Waals surface area contributed by atoms with Crippen molar-refractivity contribution in [2.24, 2.45) is 0 Å². The molecule has 0 bridgehead atoms. The fourth-order valence-corrected chi connectivity index (χ4v) is 2.23. The molecule has 1 aliphatic carbocycles. The molecule has 0 amide bonds. The van der Waals surface area contributed by atoms with Crippen LogP contribution in [-0.4, -0.2) is 23.6 Å². The lowest BCUT2D eigenvalue weighted by Crippen LogP contribution is -2.31. The van der Waals surface area contributed by atoms with Crippen LogP contribution in [0, 0.1) is 0 Å². The van der Waals surface area contributed by atoms with Gasteiger partial charge in [0.1, 0.15) is 5.75 Å². The van der Waals surface area contributed by atoms with Gasteiger partial charge in [0.05, 0.1) is 12.7 Å². The van der Waals surface area contributed by atoms with E-state index in [1.165, 1.54) is 0 Å². The summed E-state index contributed by atoms with van der Waals surface area (Å²) in [6.45, 7) is 1.69. The third-order valence-corrected chi connectivity index (χ3v) is 2.91. The Morgan fingerprint density at radius 2 is 2.00 bits per heavy atom. The van der Waals surface area contributed by atoms with Crippen LogP contribution in [0.2, 0.25) is 0 Å². The molecule has 17 heavy (non-hydrogen) atoms. The van der Waals surface area contributed by atoms with E-state index in [4.69, 9.17) is 4.74 Å². The zero-order valence-corrected chi connectivity index (χ0v) is 10.1. The molecule has 1 atom stereocenters. The summed E-state index contributed by atoms with van der Waals surface area (Å²) in [6.07, 6.45) is 2.26. The minimum absolute atomic E-state index is 0.0397. The lowest BCUT2D eigenvalue weighted by atomic mass is 9.82.